The number of ether oxygens (including phenoxy) is 1. The average molecular weight is 404 g/mol. The zero-order chi connectivity index (χ0) is 20.2. The van der Waals surface area contributed by atoms with E-state index in [0.717, 1.165) is 21.2 Å². The van der Waals surface area contributed by atoms with Gasteiger partial charge in [0, 0.05) is 10.5 Å². The maximum atomic E-state index is 12.5. The lowest BCUT2D eigenvalue weighted by atomic mass is 10.1. The quantitative estimate of drug-likeness (QED) is 0.486. The van der Waals surface area contributed by atoms with Gasteiger partial charge in [-0.2, -0.15) is 0 Å². The van der Waals surface area contributed by atoms with Crippen LogP contribution >= 0.6 is 11.8 Å². The van der Waals surface area contributed by atoms with Gasteiger partial charge in [-0.05, 0) is 29.3 Å². The van der Waals surface area contributed by atoms with Gasteiger partial charge in [0.15, 0.2) is 0 Å². The Balaban J connectivity index is 1.68. The third-order valence-electron chi connectivity index (χ3n) is 4.66. The van der Waals surface area contributed by atoms with Crippen molar-refractivity contribution in [3.63, 3.8) is 0 Å². The van der Waals surface area contributed by atoms with Crippen LogP contribution in [0.1, 0.15) is 11.1 Å². The van der Waals surface area contributed by atoms with Gasteiger partial charge < -0.3 is 4.74 Å². The van der Waals surface area contributed by atoms with Gasteiger partial charge in [0.05, 0.1) is 11.6 Å². The SMILES string of the molecule is Cc1c(Sc2cccc3ccccc23)n(COCc2ccccc2)c(=O)[nH]c1=O. The summed E-state index contributed by atoms with van der Waals surface area (Å²) in [6.07, 6.45) is 0. The van der Waals surface area contributed by atoms with Gasteiger partial charge in [0.25, 0.3) is 5.56 Å². The highest BCUT2D eigenvalue weighted by Crippen LogP contribution is 2.33. The largest absolute Gasteiger partial charge is 0.356 e. The molecule has 1 N–H and O–H groups in total. The summed E-state index contributed by atoms with van der Waals surface area (Å²) in [5, 5.41) is 2.77. The summed E-state index contributed by atoms with van der Waals surface area (Å²) in [6.45, 7) is 2.15. The lowest BCUT2D eigenvalue weighted by molar-refractivity contribution is 0.0551. The molecule has 0 aliphatic rings. The van der Waals surface area contributed by atoms with Gasteiger partial charge in [0.1, 0.15) is 6.73 Å². The smallest absolute Gasteiger partial charge is 0.331 e. The van der Waals surface area contributed by atoms with Crippen LogP contribution in [0, 0.1) is 6.92 Å². The molecule has 6 heteroatoms. The lowest BCUT2D eigenvalue weighted by Gasteiger charge is -2.15. The van der Waals surface area contributed by atoms with E-state index in [4.69, 9.17) is 4.74 Å². The minimum atomic E-state index is -0.476. The maximum Gasteiger partial charge on any atom is 0.331 e. The summed E-state index contributed by atoms with van der Waals surface area (Å²) in [5.74, 6) is 0. The average Bonchev–Trinajstić information content (AvgIpc) is 2.75. The van der Waals surface area contributed by atoms with Crippen molar-refractivity contribution in [2.75, 3.05) is 0 Å². The molecule has 29 heavy (non-hydrogen) atoms. The second kappa shape index (κ2) is 8.51. The molecule has 0 fully saturated rings. The van der Waals surface area contributed by atoms with Gasteiger partial charge >= 0.3 is 5.69 Å². The fourth-order valence-corrected chi connectivity index (χ4v) is 4.26. The van der Waals surface area contributed by atoms with Crippen molar-refractivity contribution in [2.45, 2.75) is 30.2 Å². The van der Waals surface area contributed by atoms with Gasteiger partial charge in [0.2, 0.25) is 0 Å². The predicted octanol–water partition coefficient (Wildman–Crippen LogP) is 4.32. The van der Waals surface area contributed by atoms with Crippen molar-refractivity contribution in [1.29, 1.82) is 0 Å². The first kappa shape index (κ1) is 19.2. The highest BCUT2D eigenvalue weighted by atomic mass is 32.2. The molecule has 4 aromatic rings. The second-order valence-corrected chi connectivity index (χ2v) is 7.69. The zero-order valence-electron chi connectivity index (χ0n) is 15.9. The molecule has 0 aliphatic carbocycles. The van der Waals surface area contributed by atoms with Crippen LogP contribution < -0.4 is 11.2 Å². The van der Waals surface area contributed by atoms with Crippen LogP contribution in [0.5, 0.6) is 0 Å². The molecular weight excluding hydrogens is 384 g/mol. The van der Waals surface area contributed by atoms with E-state index in [2.05, 4.69) is 4.98 Å². The number of benzene rings is 3. The zero-order valence-corrected chi connectivity index (χ0v) is 16.7. The number of aromatic nitrogens is 2. The highest BCUT2D eigenvalue weighted by Gasteiger charge is 2.14. The Morgan fingerprint density at radius 3 is 2.48 bits per heavy atom. The number of aromatic amines is 1. The topological polar surface area (TPSA) is 64.1 Å². The van der Waals surface area contributed by atoms with Crippen molar-refractivity contribution in [3.05, 3.63) is 105 Å². The molecule has 0 aliphatic heterocycles. The normalized spacial score (nSPS) is 11.1. The molecule has 0 amide bonds. The molecule has 0 spiro atoms. The molecule has 0 saturated heterocycles. The number of hydrogen-bond acceptors (Lipinski definition) is 4. The summed E-state index contributed by atoms with van der Waals surface area (Å²) in [7, 11) is 0. The van der Waals surface area contributed by atoms with E-state index >= 15 is 0 Å². The van der Waals surface area contributed by atoms with E-state index in [0.29, 0.717) is 17.2 Å². The highest BCUT2D eigenvalue weighted by molar-refractivity contribution is 7.99. The van der Waals surface area contributed by atoms with E-state index in [1.54, 1.807) is 6.92 Å². The van der Waals surface area contributed by atoms with Crippen LogP contribution in [-0.4, -0.2) is 9.55 Å². The van der Waals surface area contributed by atoms with Crippen molar-refractivity contribution in [3.8, 4) is 0 Å². The molecule has 1 heterocycles. The Kier molecular flexibility index (Phi) is 5.64. The number of rotatable bonds is 6. The van der Waals surface area contributed by atoms with Crippen LogP contribution in [0.4, 0.5) is 0 Å². The third-order valence-corrected chi connectivity index (χ3v) is 5.96. The maximum absolute atomic E-state index is 12.5. The van der Waals surface area contributed by atoms with Crippen molar-refractivity contribution in [2.24, 2.45) is 0 Å². The summed E-state index contributed by atoms with van der Waals surface area (Å²) < 4.78 is 7.25. The van der Waals surface area contributed by atoms with Gasteiger partial charge in [-0.15, -0.1) is 0 Å². The van der Waals surface area contributed by atoms with Crippen LogP contribution in [0.3, 0.4) is 0 Å². The van der Waals surface area contributed by atoms with E-state index in [1.807, 2.05) is 72.8 Å². The minimum absolute atomic E-state index is 0.0540. The molecule has 0 atom stereocenters. The van der Waals surface area contributed by atoms with E-state index in [1.165, 1.54) is 16.3 Å². The molecule has 0 unspecified atom stereocenters. The number of H-pyrrole nitrogens is 1. The lowest BCUT2D eigenvalue weighted by Crippen LogP contribution is -2.33. The van der Waals surface area contributed by atoms with Crippen LogP contribution in [0.2, 0.25) is 0 Å². The number of hydrogen-bond donors (Lipinski definition) is 1. The predicted molar refractivity (Wildman–Crippen MR) is 115 cm³/mol. The Morgan fingerprint density at radius 1 is 0.931 bits per heavy atom. The van der Waals surface area contributed by atoms with E-state index in [9.17, 15) is 9.59 Å². The summed E-state index contributed by atoms with van der Waals surface area (Å²) >= 11 is 1.41. The molecule has 4 rings (SSSR count). The molecule has 5 nitrogen and oxygen atoms in total. The molecule has 1 aromatic heterocycles. The van der Waals surface area contributed by atoms with Gasteiger partial charge in [-0.25, -0.2) is 4.79 Å². The molecule has 0 radical (unpaired) electrons. The Hall–Kier alpha value is -3.09. The molecular formula is C23H20N2O3S. The molecule has 3 aromatic carbocycles. The number of fused-ring (bicyclic) bond motifs is 1. The Labute approximate surface area is 172 Å². The van der Waals surface area contributed by atoms with Gasteiger partial charge in [-0.1, -0.05) is 78.5 Å². The van der Waals surface area contributed by atoms with E-state index < -0.39 is 5.69 Å². The first-order valence-electron chi connectivity index (χ1n) is 9.24. The van der Waals surface area contributed by atoms with E-state index in [-0.39, 0.29) is 12.3 Å². The summed E-state index contributed by atoms with van der Waals surface area (Å²) in [4.78, 5) is 28.1. The van der Waals surface area contributed by atoms with Crippen molar-refractivity contribution >= 4 is 22.5 Å². The Morgan fingerprint density at radius 2 is 1.66 bits per heavy atom. The second-order valence-electron chi connectivity index (χ2n) is 6.66. The van der Waals surface area contributed by atoms with Crippen LogP contribution in [-0.2, 0) is 18.1 Å². The fraction of sp³-hybridized carbons (Fsp3) is 0.130. The van der Waals surface area contributed by atoms with Gasteiger partial charge in [-0.3, -0.25) is 14.3 Å². The fourth-order valence-electron chi connectivity index (χ4n) is 3.12. The first-order chi connectivity index (χ1) is 14.1. The standard InChI is InChI=1S/C23H20N2O3S/c1-16-21(26)24-23(27)25(15-28-14-17-8-3-2-4-9-17)22(16)29-20-13-7-11-18-10-5-6-12-19(18)20/h2-13H,14-15H2,1H3,(H,24,26,27). The molecule has 0 saturated carbocycles. The Bertz CT molecular complexity index is 1260. The van der Waals surface area contributed by atoms with Crippen LogP contribution in [0.15, 0.2) is 92.3 Å². The summed E-state index contributed by atoms with van der Waals surface area (Å²) in [5.41, 5.74) is 0.657. The minimum Gasteiger partial charge on any atom is -0.356 e. The van der Waals surface area contributed by atoms with Crippen molar-refractivity contribution in [1.82, 2.24) is 9.55 Å². The van der Waals surface area contributed by atoms with Crippen LogP contribution in [0.25, 0.3) is 10.8 Å². The monoisotopic (exact) mass is 404 g/mol. The number of nitrogens with one attached hydrogen (secondary N) is 1. The summed E-state index contributed by atoms with van der Waals surface area (Å²) in [6, 6.07) is 23.8. The third kappa shape index (κ3) is 4.18. The van der Waals surface area contributed by atoms with Crippen molar-refractivity contribution < 1.29 is 4.74 Å². The first-order valence-corrected chi connectivity index (χ1v) is 10.1. The number of nitrogens with zero attached hydrogens (tertiary/aromatic N) is 1. The molecule has 146 valence electrons. The molecule has 0 bridgehead atoms.